The third-order valence-corrected chi connectivity index (χ3v) is 4.76. The molecule has 8 heteroatoms. The predicted molar refractivity (Wildman–Crippen MR) is 108 cm³/mol. The molecular weight excluding hydrogens is 366 g/mol. The molecule has 2 aromatic carbocycles. The molecule has 3 aromatic heterocycles. The number of tetrazole rings is 1. The number of ether oxygens (including phenoxy) is 1. The molecule has 8 nitrogen and oxygen atoms in total. The zero-order valence-electron chi connectivity index (χ0n) is 15.6. The van der Waals surface area contributed by atoms with Crippen LogP contribution >= 0.6 is 0 Å². The molecule has 3 heterocycles. The lowest BCUT2D eigenvalue weighted by Crippen LogP contribution is -2.03. The van der Waals surface area contributed by atoms with Crippen LogP contribution in [-0.4, -0.2) is 42.3 Å². The Morgan fingerprint density at radius 3 is 2.69 bits per heavy atom. The second-order valence-corrected chi connectivity index (χ2v) is 6.54. The van der Waals surface area contributed by atoms with E-state index in [0.717, 1.165) is 39.4 Å². The van der Waals surface area contributed by atoms with Crippen molar-refractivity contribution in [2.45, 2.75) is 6.54 Å². The standard InChI is InChI=1S/C21H17N7O/c1-29-16-8-6-14(7-9-16)13-28-19-5-3-2-4-17(19)23-21(28)18-12-15(10-11-22-18)20-24-26-27-25-20/h2-12H,13H2,1H3,(H,24,25,26,27). The molecule has 142 valence electrons. The lowest BCUT2D eigenvalue weighted by Gasteiger charge is -2.10. The van der Waals surface area contributed by atoms with Gasteiger partial charge in [-0.15, -0.1) is 5.10 Å². The Morgan fingerprint density at radius 2 is 1.90 bits per heavy atom. The monoisotopic (exact) mass is 383 g/mol. The highest BCUT2D eigenvalue weighted by molar-refractivity contribution is 5.80. The van der Waals surface area contributed by atoms with Crippen molar-refractivity contribution in [3.05, 3.63) is 72.4 Å². The van der Waals surface area contributed by atoms with Gasteiger partial charge in [-0.2, -0.15) is 0 Å². The minimum absolute atomic E-state index is 0.589. The second kappa shape index (κ2) is 7.16. The number of methoxy groups -OCH3 is 1. The third-order valence-electron chi connectivity index (χ3n) is 4.76. The molecule has 5 aromatic rings. The van der Waals surface area contributed by atoms with Gasteiger partial charge in [-0.05, 0) is 52.4 Å². The highest BCUT2D eigenvalue weighted by Crippen LogP contribution is 2.27. The number of nitrogens with one attached hydrogen (secondary N) is 1. The maximum atomic E-state index is 5.27. The van der Waals surface area contributed by atoms with Crippen LogP contribution in [0.2, 0.25) is 0 Å². The van der Waals surface area contributed by atoms with Gasteiger partial charge in [0.25, 0.3) is 0 Å². The number of benzene rings is 2. The van der Waals surface area contributed by atoms with Crippen LogP contribution in [0.3, 0.4) is 0 Å². The molecule has 0 unspecified atom stereocenters. The number of H-pyrrole nitrogens is 1. The van der Waals surface area contributed by atoms with Gasteiger partial charge in [0.15, 0.2) is 11.6 Å². The molecule has 0 aliphatic carbocycles. The van der Waals surface area contributed by atoms with Crippen LogP contribution in [0.25, 0.3) is 33.9 Å². The molecule has 0 aliphatic heterocycles. The third kappa shape index (κ3) is 3.20. The van der Waals surface area contributed by atoms with Crippen molar-refractivity contribution in [3.63, 3.8) is 0 Å². The number of fused-ring (bicyclic) bond motifs is 1. The number of aromatic nitrogens is 7. The Balaban J connectivity index is 1.62. The first-order valence-electron chi connectivity index (χ1n) is 9.10. The number of nitrogens with zero attached hydrogens (tertiary/aromatic N) is 6. The van der Waals surface area contributed by atoms with Gasteiger partial charge < -0.3 is 9.30 Å². The van der Waals surface area contributed by atoms with Crippen LogP contribution in [0.4, 0.5) is 0 Å². The Hall–Kier alpha value is -4.07. The van der Waals surface area contributed by atoms with Gasteiger partial charge in [0.1, 0.15) is 11.4 Å². The number of aromatic amines is 1. The minimum atomic E-state index is 0.589. The molecule has 0 saturated carbocycles. The zero-order valence-corrected chi connectivity index (χ0v) is 15.6. The predicted octanol–water partition coefficient (Wildman–Crippen LogP) is 3.34. The fourth-order valence-electron chi connectivity index (χ4n) is 3.33. The van der Waals surface area contributed by atoms with E-state index >= 15 is 0 Å². The van der Waals surface area contributed by atoms with Gasteiger partial charge in [0, 0.05) is 18.3 Å². The molecule has 29 heavy (non-hydrogen) atoms. The molecular formula is C21H17N7O. The van der Waals surface area contributed by atoms with Gasteiger partial charge in [-0.3, -0.25) is 4.98 Å². The summed E-state index contributed by atoms with van der Waals surface area (Å²) in [5.74, 6) is 2.21. The van der Waals surface area contributed by atoms with Crippen molar-refractivity contribution < 1.29 is 4.74 Å². The number of pyridine rings is 1. The molecule has 0 aliphatic rings. The largest absolute Gasteiger partial charge is 0.497 e. The average molecular weight is 383 g/mol. The SMILES string of the molecule is COc1ccc(Cn2c(-c3cc(-c4nnn[nH]4)ccn3)nc3ccccc32)cc1. The van der Waals surface area contributed by atoms with Gasteiger partial charge >= 0.3 is 0 Å². The number of hydrogen-bond donors (Lipinski definition) is 1. The van der Waals surface area contributed by atoms with Gasteiger partial charge in [-0.1, -0.05) is 24.3 Å². The summed E-state index contributed by atoms with van der Waals surface area (Å²) < 4.78 is 7.44. The van der Waals surface area contributed by atoms with E-state index in [4.69, 9.17) is 9.72 Å². The van der Waals surface area contributed by atoms with Gasteiger partial charge in [-0.25, -0.2) is 10.1 Å². The van der Waals surface area contributed by atoms with E-state index in [1.807, 2.05) is 42.5 Å². The maximum Gasteiger partial charge on any atom is 0.179 e. The smallest absolute Gasteiger partial charge is 0.179 e. The Kier molecular flexibility index (Phi) is 4.21. The Labute approximate surface area is 166 Å². The summed E-state index contributed by atoms with van der Waals surface area (Å²) in [5.41, 5.74) is 4.72. The molecule has 0 bridgehead atoms. The van der Waals surface area contributed by atoms with Crippen molar-refractivity contribution in [2.75, 3.05) is 7.11 Å². The zero-order chi connectivity index (χ0) is 19.6. The van der Waals surface area contributed by atoms with E-state index in [9.17, 15) is 0 Å². The highest BCUT2D eigenvalue weighted by atomic mass is 16.5. The molecule has 0 amide bonds. The van der Waals surface area contributed by atoms with Crippen LogP contribution in [0.5, 0.6) is 5.75 Å². The molecule has 0 atom stereocenters. The summed E-state index contributed by atoms with van der Waals surface area (Å²) in [6.45, 7) is 0.662. The molecule has 0 spiro atoms. The Morgan fingerprint density at radius 1 is 1.03 bits per heavy atom. The summed E-state index contributed by atoms with van der Waals surface area (Å²) in [4.78, 5) is 9.41. The van der Waals surface area contributed by atoms with E-state index < -0.39 is 0 Å². The fraction of sp³-hybridized carbons (Fsp3) is 0.0952. The summed E-state index contributed by atoms with van der Waals surface area (Å²) >= 11 is 0. The quantitative estimate of drug-likeness (QED) is 0.500. The summed E-state index contributed by atoms with van der Waals surface area (Å²) in [6, 6.07) is 19.9. The first-order chi connectivity index (χ1) is 14.3. The van der Waals surface area contributed by atoms with Crippen LogP contribution in [0.15, 0.2) is 66.9 Å². The number of para-hydroxylation sites is 2. The van der Waals surface area contributed by atoms with Crippen molar-refractivity contribution in [1.29, 1.82) is 0 Å². The van der Waals surface area contributed by atoms with E-state index in [-0.39, 0.29) is 0 Å². The van der Waals surface area contributed by atoms with Crippen LogP contribution < -0.4 is 4.74 Å². The average Bonchev–Trinajstić information content (AvgIpc) is 3.43. The molecule has 5 rings (SSSR count). The first-order valence-corrected chi connectivity index (χ1v) is 9.10. The van der Waals surface area contributed by atoms with Crippen molar-refractivity contribution in [1.82, 2.24) is 35.2 Å². The lowest BCUT2D eigenvalue weighted by atomic mass is 10.2. The second-order valence-electron chi connectivity index (χ2n) is 6.54. The van der Waals surface area contributed by atoms with Crippen LogP contribution in [0.1, 0.15) is 5.56 Å². The van der Waals surface area contributed by atoms with E-state index in [1.165, 1.54) is 0 Å². The Bertz CT molecular complexity index is 1260. The van der Waals surface area contributed by atoms with E-state index in [2.05, 4.69) is 48.4 Å². The van der Waals surface area contributed by atoms with Gasteiger partial charge in [0.2, 0.25) is 0 Å². The van der Waals surface area contributed by atoms with Crippen molar-refractivity contribution >= 4 is 11.0 Å². The highest BCUT2D eigenvalue weighted by Gasteiger charge is 2.15. The van der Waals surface area contributed by atoms with E-state index in [1.54, 1.807) is 13.3 Å². The van der Waals surface area contributed by atoms with Crippen molar-refractivity contribution in [2.24, 2.45) is 0 Å². The number of imidazole rings is 1. The first kappa shape index (κ1) is 17.1. The summed E-state index contributed by atoms with van der Waals surface area (Å²) in [5, 5.41) is 14.1. The fourth-order valence-corrected chi connectivity index (χ4v) is 3.33. The number of hydrogen-bond acceptors (Lipinski definition) is 6. The minimum Gasteiger partial charge on any atom is -0.497 e. The van der Waals surface area contributed by atoms with Gasteiger partial charge in [0.05, 0.1) is 18.1 Å². The summed E-state index contributed by atoms with van der Waals surface area (Å²) in [7, 11) is 1.67. The summed E-state index contributed by atoms with van der Waals surface area (Å²) in [6.07, 6.45) is 1.74. The normalized spacial score (nSPS) is 11.1. The van der Waals surface area contributed by atoms with E-state index in [0.29, 0.717) is 12.4 Å². The topological polar surface area (TPSA) is 94.4 Å². The maximum absolute atomic E-state index is 5.27. The number of rotatable bonds is 5. The lowest BCUT2D eigenvalue weighted by molar-refractivity contribution is 0.414. The van der Waals surface area contributed by atoms with Crippen molar-refractivity contribution in [3.8, 4) is 28.7 Å². The van der Waals surface area contributed by atoms with Crippen LogP contribution in [-0.2, 0) is 6.54 Å². The molecule has 1 N–H and O–H groups in total. The molecule has 0 fully saturated rings. The molecule has 0 radical (unpaired) electrons. The van der Waals surface area contributed by atoms with Crippen LogP contribution in [0, 0.1) is 0 Å². The molecule has 0 saturated heterocycles.